The fourth-order valence-electron chi connectivity index (χ4n) is 2.50. The van der Waals surface area contributed by atoms with Gasteiger partial charge in [0.2, 0.25) is 0 Å². The highest BCUT2D eigenvalue weighted by Crippen LogP contribution is 2.33. The summed E-state index contributed by atoms with van der Waals surface area (Å²) < 4.78 is 14.2. The van der Waals surface area contributed by atoms with Gasteiger partial charge < -0.3 is 10.0 Å². The SMILES string of the molecule is Cc1cc(C)cc(N(C)c2c(F)cccc2[C@@H](C)O)c1. The Bertz CT molecular complexity index is 602. The smallest absolute Gasteiger partial charge is 0.147 e. The molecule has 0 spiro atoms. The first-order chi connectivity index (χ1) is 9.40. The molecular weight excluding hydrogens is 253 g/mol. The summed E-state index contributed by atoms with van der Waals surface area (Å²) in [5.41, 5.74) is 4.18. The third kappa shape index (κ3) is 2.83. The molecule has 0 amide bonds. The van der Waals surface area contributed by atoms with Crippen molar-refractivity contribution in [2.45, 2.75) is 26.9 Å². The number of anilines is 2. The second kappa shape index (κ2) is 5.63. The number of aliphatic hydroxyl groups excluding tert-OH is 1. The van der Waals surface area contributed by atoms with Crippen LogP contribution < -0.4 is 4.90 Å². The number of aryl methyl sites for hydroxylation is 2. The zero-order chi connectivity index (χ0) is 14.9. The monoisotopic (exact) mass is 273 g/mol. The van der Waals surface area contributed by atoms with Gasteiger partial charge in [-0.25, -0.2) is 4.39 Å². The molecule has 0 aliphatic rings. The van der Waals surface area contributed by atoms with Crippen molar-refractivity contribution in [2.24, 2.45) is 0 Å². The predicted octanol–water partition coefficient (Wildman–Crippen LogP) is 4.26. The van der Waals surface area contributed by atoms with Crippen LogP contribution in [-0.2, 0) is 0 Å². The lowest BCUT2D eigenvalue weighted by Crippen LogP contribution is -2.15. The van der Waals surface area contributed by atoms with E-state index in [1.165, 1.54) is 6.07 Å². The quantitative estimate of drug-likeness (QED) is 0.903. The molecule has 0 unspecified atom stereocenters. The summed E-state index contributed by atoms with van der Waals surface area (Å²) in [5, 5.41) is 9.84. The number of aliphatic hydroxyl groups is 1. The Labute approximate surface area is 119 Å². The van der Waals surface area contributed by atoms with Gasteiger partial charge >= 0.3 is 0 Å². The van der Waals surface area contributed by atoms with Crippen LogP contribution in [0.1, 0.15) is 29.7 Å². The summed E-state index contributed by atoms with van der Waals surface area (Å²) in [6, 6.07) is 10.9. The average molecular weight is 273 g/mol. The fraction of sp³-hybridized carbons (Fsp3) is 0.294. The van der Waals surface area contributed by atoms with Gasteiger partial charge in [0.15, 0.2) is 0 Å². The lowest BCUT2D eigenvalue weighted by atomic mass is 10.1. The van der Waals surface area contributed by atoms with Crippen molar-refractivity contribution in [3.63, 3.8) is 0 Å². The molecule has 0 saturated carbocycles. The number of halogens is 1. The summed E-state index contributed by atoms with van der Waals surface area (Å²) in [5.74, 6) is -0.329. The van der Waals surface area contributed by atoms with Gasteiger partial charge in [0.25, 0.3) is 0 Å². The summed E-state index contributed by atoms with van der Waals surface area (Å²) in [7, 11) is 1.82. The first-order valence-electron chi connectivity index (χ1n) is 6.68. The van der Waals surface area contributed by atoms with E-state index in [-0.39, 0.29) is 5.82 Å². The Morgan fingerprint density at radius 2 is 1.70 bits per heavy atom. The van der Waals surface area contributed by atoms with Gasteiger partial charge in [-0.05, 0) is 50.1 Å². The van der Waals surface area contributed by atoms with E-state index >= 15 is 0 Å². The van der Waals surface area contributed by atoms with Gasteiger partial charge in [-0.2, -0.15) is 0 Å². The van der Waals surface area contributed by atoms with Crippen molar-refractivity contribution in [2.75, 3.05) is 11.9 Å². The lowest BCUT2D eigenvalue weighted by Gasteiger charge is -2.25. The maximum absolute atomic E-state index is 14.2. The van der Waals surface area contributed by atoms with Crippen LogP contribution in [-0.4, -0.2) is 12.2 Å². The van der Waals surface area contributed by atoms with E-state index in [1.807, 2.05) is 33.0 Å². The number of benzene rings is 2. The Morgan fingerprint density at radius 3 is 2.25 bits per heavy atom. The molecular formula is C17H20FNO. The minimum atomic E-state index is -0.714. The predicted molar refractivity (Wildman–Crippen MR) is 81.0 cm³/mol. The maximum Gasteiger partial charge on any atom is 0.147 e. The van der Waals surface area contributed by atoms with Gasteiger partial charge in [-0.15, -0.1) is 0 Å². The van der Waals surface area contributed by atoms with Crippen molar-refractivity contribution < 1.29 is 9.50 Å². The summed E-state index contributed by atoms with van der Waals surface area (Å²) in [6.45, 7) is 5.68. The molecule has 2 aromatic rings. The highest BCUT2D eigenvalue weighted by atomic mass is 19.1. The summed E-state index contributed by atoms with van der Waals surface area (Å²) in [4.78, 5) is 1.79. The molecule has 0 heterocycles. The van der Waals surface area contributed by atoms with Gasteiger partial charge in [0, 0.05) is 18.3 Å². The highest BCUT2D eigenvalue weighted by molar-refractivity contribution is 5.68. The van der Waals surface area contributed by atoms with E-state index in [9.17, 15) is 9.50 Å². The normalized spacial score (nSPS) is 12.3. The number of nitrogens with zero attached hydrogens (tertiary/aromatic N) is 1. The topological polar surface area (TPSA) is 23.5 Å². The van der Waals surface area contributed by atoms with E-state index in [1.54, 1.807) is 24.0 Å². The largest absolute Gasteiger partial charge is 0.389 e. The third-order valence-electron chi connectivity index (χ3n) is 3.40. The van der Waals surface area contributed by atoms with Crippen LogP contribution in [0.2, 0.25) is 0 Å². The van der Waals surface area contributed by atoms with Gasteiger partial charge in [-0.3, -0.25) is 0 Å². The third-order valence-corrected chi connectivity index (χ3v) is 3.40. The number of hydrogen-bond acceptors (Lipinski definition) is 2. The van der Waals surface area contributed by atoms with Crippen molar-refractivity contribution in [3.05, 3.63) is 58.9 Å². The molecule has 0 bridgehead atoms. The van der Waals surface area contributed by atoms with E-state index in [0.29, 0.717) is 11.3 Å². The average Bonchev–Trinajstić information content (AvgIpc) is 2.36. The molecule has 20 heavy (non-hydrogen) atoms. The van der Waals surface area contributed by atoms with Crippen LogP contribution >= 0.6 is 0 Å². The molecule has 0 aliphatic heterocycles. The van der Waals surface area contributed by atoms with Crippen LogP contribution in [0.25, 0.3) is 0 Å². The maximum atomic E-state index is 14.2. The minimum absolute atomic E-state index is 0.329. The van der Waals surface area contributed by atoms with Gasteiger partial charge in [0.05, 0.1) is 11.8 Å². The van der Waals surface area contributed by atoms with E-state index < -0.39 is 6.10 Å². The Balaban J connectivity index is 2.55. The first-order valence-corrected chi connectivity index (χ1v) is 6.68. The van der Waals surface area contributed by atoms with Crippen LogP contribution in [0.5, 0.6) is 0 Å². The minimum Gasteiger partial charge on any atom is -0.389 e. The molecule has 2 aromatic carbocycles. The summed E-state index contributed by atoms with van der Waals surface area (Å²) >= 11 is 0. The molecule has 2 rings (SSSR count). The molecule has 1 atom stereocenters. The Hall–Kier alpha value is -1.87. The van der Waals surface area contributed by atoms with Crippen molar-refractivity contribution >= 4 is 11.4 Å². The number of hydrogen-bond donors (Lipinski definition) is 1. The second-order valence-corrected chi connectivity index (χ2v) is 5.26. The summed E-state index contributed by atoms with van der Waals surface area (Å²) in [6.07, 6.45) is -0.714. The first kappa shape index (κ1) is 14.5. The van der Waals surface area contributed by atoms with Crippen molar-refractivity contribution in [1.82, 2.24) is 0 Å². The molecule has 1 N–H and O–H groups in total. The molecule has 0 fully saturated rings. The zero-order valence-corrected chi connectivity index (χ0v) is 12.3. The van der Waals surface area contributed by atoms with Crippen molar-refractivity contribution in [3.8, 4) is 0 Å². The molecule has 3 heteroatoms. The molecule has 0 saturated heterocycles. The van der Waals surface area contributed by atoms with E-state index in [4.69, 9.17) is 0 Å². The van der Waals surface area contributed by atoms with Crippen LogP contribution in [0.15, 0.2) is 36.4 Å². The standard InChI is InChI=1S/C17H20FNO/c1-11-8-12(2)10-14(9-11)19(4)17-15(13(3)20)6-5-7-16(17)18/h5-10,13,20H,1-4H3/t13-/m1/s1. The van der Waals surface area contributed by atoms with E-state index in [0.717, 1.165) is 16.8 Å². The van der Waals surface area contributed by atoms with Crippen LogP contribution in [0, 0.1) is 19.7 Å². The van der Waals surface area contributed by atoms with Crippen LogP contribution in [0.4, 0.5) is 15.8 Å². The number of para-hydroxylation sites is 1. The number of rotatable bonds is 3. The van der Waals surface area contributed by atoms with E-state index in [2.05, 4.69) is 6.07 Å². The van der Waals surface area contributed by atoms with Crippen LogP contribution in [0.3, 0.4) is 0 Å². The molecule has 0 aromatic heterocycles. The molecule has 106 valence electrons. The second-order valence-electron chi connectivity index (χ2n) is 5.26. The van der Waals surface area contributed by atoms with Gasteiger partial charge in [-0.1, -0.05) is 18.2 Å². The molecule has 2 nitrogen and oxygen atoms in total. The Kier molecular flexibility index (Phi) is 4.09. The van der Waals surface area contributed by atoms with Crippen molar-refractivity contribution in [1.29, 1.82) is 0 Å². The zero-order valence-electron chi connectivity index (χ0n) is 12.3. The van der Waals surface area contributed by atoms with Gasteiger partial charge in [0.1, 0.15) is 5.82 Å². The lowest BCUT2D eigenvalue weighted by molar-refractivity contribution is 0.199. The fourth-order valence-corrected chi connectivity index (χ4v) is 2.50. The molecule has 0 radical (unpaired) electrons. The Morgan fingerprint density at radius 1 is 1.10 bits per heavy atom. The highest BCUT2D eigenvalue weighted by Gasteiger charge is 2.17. The molecule has 0 aliphatic carbocycles.